The zero-order valence-electron chi connectivity index (χ0n) is 10.0. The smallest absolute Gasteiger partial charge is 0.343 e. The number of nitriles is 1. The van der Waals surface area contributed by atoms with Crippen LogP contribution < -0.4 is 9.47 Å². The summed E-state index contributed by atoms with van der Waals surface area (Å²) in [5, 5.41) is 8.91. The van der Waals surface area contributed by atoms with Crippen LogP contribution in [0.5, 0.6) is 11.5 Å². The van der Waals surface area contributed by atoms with E-state index in [0.717, 1.165) is 0 Å². The molecule has 0 atom stereocenters. The van der Waals surface area contributed by atoms with E-state index in [1.807, 2.05) is 13.0 Å². The van der Waals surface area contributed by atoms with E-state index in [1.165, 1.54) is 7.11 Å². The molecular formula is C12H12BrNO4. The molecule has 0 unspecified atom stereocenters. The average Bonchev–Trinajstić information content (AvgIpc) is 2.38. The van der Waals surface area contributed by atoms with Gasteiger partial charge in [-0.1, -0.05) is 0 Å². The van der Waals surface area contributed by atoms with E-state index in [-0.39, 0.29) is 6.61 Å². The third-order valence-corrected chi connectivity index (χ3v) is 2.68. The van der Waals surface area contributed by atoms with Crippen LogP contribution in [-0.2, 0) is 9.53 Å². The first-order valence-corrected chi connectivity index (χ1v) is 5.97. The number of ether oxygens (including phenoxy) is 3. The Kier molecular flexibility index (Phi) is 5.46. The van der Waals surface area contributed by atoms with Gasteiger partial charge in [0, 0.05) is 10.5 Å². The minimum atomic E-state index is -0.488. The summed E-state index contributed by atoms with van der Waals surface area (Å²) < 4.78 is 15.7. The van der Waals surface area contributed by atoms with Gasteiger partial charge in [0.1, 0.15) is 6.07 Å². The Bertz CT molecular complexity index is 482. The molecule has 1 rings (SSSR count). The lowest BCUT2D eigenvalue weighted by atomic mass is 10.2. The van der Waals surface area contributed by atoms with Crippen molar-refractivity contribution in [1.29, 1.82) is 5.26 Å². The number of rotatable bonds is 5. The monoisotopic (exact) mass is 313 g/mol. The fourth-order valence-corrected chi connectivity index (χ4v) is 1.61. The van der Waals surface area contributed by atoms with Gasteiger partial charge in [0.05, 0.1) is 19.3 Å². The molecule has 0 radical (unpaired) electrons. The highest BCUT2D eigenvalue weighted by Crippen LogP contribution is 2.33. The molecule has 1 aromatic rings. The molecule has 0 spiro atoms. The molecule has 0 aliphatic heterocycles. The number of hydrogen-bond acceptors (Lipinski definition) is 5. The van der Waals surface area contributed by atoms with Crippen LogP contribution in [0.3, 0.4) is 0 Å². The number of benzene rings is 1. The Morgan fingerprint density at radius 3 is 2.61 bits per heavy atom. The molecule has 96 valence electrons. The van der Waals surface area contributed by atoms with Gasteiger partial charge in [-0.25, -0.2) is 4.79 Å². The van der Waals surface area contributed by atoms with Gasteiger partial charge in [-0.05, 0) is 28.9 Å². The maximum atomic E-state index is 11.0. The molecule has 0 aromatic heterocycles. The zero-order valence-corrected chi connectivity index (χ0v) is 11.6. The Morgan fingerprint density at radius 1 is 1.39 bits per heavy atom. The molecule has 0 aliphatic carbocycles. The van der Waals surface area contributed by atoms with E-state index in [4.69, 9.17) is 14.7 Å². The molecule has 0 heterocycles. The van der Waals surface area contributed by atoms with Gasteiger partial charge in [-0.3, -0.25) is 0 Å². The number of carbonyl (C=O) groups excluding carboxylic acids is 1. The van der Waals surface area contributed by atoms with Crippen molar-refractivity contribution >= 4 is 21.9 Å². The molecule has 0 amide bonds. The van der Waals surface area contributed by atoms with Gasteiger partial charge in [0.25, 0.3) is 0 Å². The zero-order chi connectivity index (χ0) is 13.5. The highest BCUT2D eigenvalue weighted by molar-refractivity contribution is 9.10. The Balaban J connectivity index is 2.98. The van der Waals surface area contributed by atoms with Crippen molar-refractivity contribution in [1.82, 2.24) is 0 Å². The summed E-state index contributed by atoms with van der Waals surface area (Å²) in [6.45, 7) is 2.04. The second kappa shape index (κ2) is 6.87. The molecule has 6 heteroatoms. The van der Waals surface area contributed by atoms with Gasteiger partial charge < -0.3 is 14.2 Å². The number of methoxy groups -OCH3 is 1. The fraction of sp³-hybridized carbons (Fsp3) is 0.333. The normalized spacial score (nSPS) is 9.44. The van der Waals surface area contributed by atoms with E-state index < -0.39 is 5.97 Å². The highest BCUT2D eigenvalue weighted by atomic mass is 79.9. The lowest BCUT2D eigenvalue weighted by Crippen LogP contribution is -2.13. The standard InChI is InChI=1S/C12H12BrNO4/c1-3-17-10-4-8(6-14)9(13)5-11(10)18-7-12(15)16-2/h4-5H,3,7H2,1-2H3. The van der Waals surface area contributed by atoms with Gasteiger partial charge in [0.2, 0.25) is 0 Å². The van der Waals surface area contributed by atoms with Crippen LogP contribution >= 0.6 is 15.9 Å². The van der Waals surface area contributed by atoms with Crippen molar-refractivity contribution in [2.75, 3.05) is 20.3 Å². The molecule has 5 nitrogen and oxygen atoms in total. The molecule has 0 N–H and O–H groups in total. The first-order valence-electron chi connectivity index (χ1n) is 5.18. The van der Waals surface area contributed by atoms with Gasteiger partial charge >= 0.3 is 5.97 Å². The lowest BCUT2D eigenvalue weighted by Gasteiger charge is -2.12. The van der Waals surface area contributed by atoms with E-state index in [0.29, 0.717) is 28.1 Å². The summed E-state index contributed by atoms with van der Waals surface area (Å²) in [5.41, 5.74) is 0.434. The Morgan fingerprint density at radius 2 is 2.06 bits per heavy atom. The SMILES string of the molecule is CCOc1cc(C#N)c(Br)cc1OCC(=O)OC. The molecule has 18 heavy (non-hydrogen) atoms. The van der Waals surface area contributed by atoms with Crippen molar-refractivity contribution in [3.05, 3.63) is 22.2 Å². The number of carbonyl (C=O) groups is 1. The third kappa shape index (κ3) is 3.64. The molecule has 0 bridgehead atoms. The van der Waals surface area contributed by atoms with Crippen LogP contribution in [0.25, 0.3) is 0 Å². The van der Waals surface area contributed by atoms with Gasteiger partial charge in [-0.2, -0.15) is 5.26 Å². The van der Waals surface area contributed by atoms with Crippen LogP contribution in [0.1, 0.15) is 12.5 Å². The summed E-state index contributed by atoms with van der Waals surface area (Å²) in [5.74, 6) is 0.312. The molecule has 0 saturated carbocycles. The molecular weight excluding hydrogens is 302 g/mol. The maximum absolute atomic E-state index is 11.0. The first-order chi connectivity index (χ1) is 8.62. The minimum Gasteiger partial charge on any atom is -0.490 e. The molecule has 0 aliphatic rings. The quantitative estimate of drug-likeness (QED) is 0.780. The van der Waals surface area contributed by atoms with Crippen molar-refractivity contribution in [2.45, 2.75) is 6.92 Å². The lowest BCUT2D eigenvalue weighted by molar-refractivity contribution is -0.142. The number of nitrogens with zero attached hydrogens (tertiary/aromatic N) is 1. The van der Waals surface area contributed by atoms with Crippen LogP contribution in [0.4, 0.5) is 0 Å². The van der Waals surface area contributed by atoms with Gasteiger partial charge in [0.15, 0.2) is 18.1 Å². The number of halogens is 1. The average molecular weight is 314 g/mol. The largest absolute Gasteiger partial charge is 0.490 e. The first kappa shape index (κ1) is 14.3. The second-order valence-electron chi connectivity index (χ2n) is 3.19. The minimum absolute atomic E-state index is 0.213. The molecule has 0 fully saturated rings. The molecule has 1 aromatic carbocycles. The van der Waals surface area contributed by atoms with Crippen molar-refractivity contribution < 1.29 is 19.0 Å². The third-order valence-electron chi connectivity index (χ3n) is 2.03. The summed E-state index contributed by atoms with van der Waals surface area (Å²) in [4.78, 5) is 11.0. The van der Waals surface area contributed by atoms with Crippen LogP contribution in [0.2, 0.25) is 0 Å². The fourth-order valence-electron chi connectivity index (χ4n) is 1.20. The summed E-state index contributed by atoms with van der Waals surface area (Å²) in [6, 6.07) is 5.17. The topological polar surface area (TPSA) is 68.5 Å². The predicted octanol–water partition coefficient (Wildman–Crippen LogP) is 2.27. The van der Waals surface area contributed by atoms with E-state index in [1.54, 1.807) is 12.1 Å². The highest BCUT2D eigenvalue weighted by Gasteiger charge is 2.12. The van der Waals surface area contributed by atoms with Crippen LogP contribution in [0, 0.1) is 11.3 Å². The van der Waals surface area contributed by atoms with Gasteiger partial charge in [-0.15, -0.1) is 0 Å². The summed E-state index contributed by atoms with van der Waals surface area (Å²) >= 11 is 3.24. The molecule has 0 saturated heterocycles. The summed E-state index contributed by atoms with van der Waals surface area (Å²) in [6.07, 6.45) is 0. The Labute approximate surface area is 113 Å². The number of hydrogen-bond donors (Lipinski definition) is 0. The van der Waals surface area contributed by atoms with Crippen molar-refractivity contribution in [3.63, 3.8) is 0 Å². The van der Waals surface area contributed by atoms with E-state index in [2.05, 4.69) is 20.7 Å². The second-order valence-corrected chi connectivity index (χ2v) is 4.04. The van der Waals surface area contributed by atoms with E-state index >= 15 is 0 Å². The maximum Gasteiger partial charge on any atom is 0.343 e. The van der Waals surface area contributed by atoms with Crippen molar-refractivity contribution in [2.24, 2.45) is 0 Å². The van der Waals surface area contributed by atoms with Crippen molar-refractivity contribution in [3.8, 4) is 17.6 Å². The number of esters is 1. The predicted molar refractivity (Wildman–Crippen MR) is 67.5 cm³/mol. The van der Waals surface area contributed by atoms with E-state index in [9.17, 15) is 4.79 Å². The van der Waals surface area contributed by atoms with Crippen LogP contribution in [-0.4, -0.2) is 26.3 Å². The summed E-state index contributed by atoms with van der Waals surface area (Å²) in [7, 11) is 1.28. The Hall–Kier alpha value is -1.74. The van der Waals surface area contributed by atoms with Crippen LogP contribution in [0.15, 0.2) is 16.6 Å².